The summed E-state index contributed by atoms with van der Waals surface area (Å²) in [6.45, 7) is 4.12. The Hall–Kier alpha value is 1.71. The number of hydrogen-bond donors (Lipinski definition) is 0. The van der Waals surface area contributed by atoms with Crippen molar-refractivity contribution >= 4 is 7.85 Å². The first-order valence-corrected chi connectivity index (χ1v) is 1.51. The first-order chi connectivity index (χ1) is 2.50. The summed E-state index contributed by atoms with van der Waals surface area (Å²) in [4.78, 5) is 0. The van der Waals surface area contributed by atoms with Gasteiger partial charge in [0.25, 0.3) is 0 Å². The van der Waals surface area contributed by atoms with Gasteiger partial charge in [0.15, 0.2) is 0 Å². The van der Waals surface area contributed by atoms with Crippen molar-refractivity contribution in [2.45, 2.75) is 6.82 Å². The van der Waals surface area contributed by atoms with Gasteiger partial charge < -0.3 is 4.74 Å². The molecule has 0 aliphatic carbocycles. The molecule has 0 N–H and O–H groups in total. The summed E-state index contributed by atoms with van der Waals surface area (Å²) in [5, 5.41) is 0. The van der Waals surface area contributed by atoms with E-state index < -0.39 is 0 Å². The van der Waals surface area contributed by atoms with Crippen LogP contribution in [0.2, 0.25) is 6.82 Å². The monoisotopic (exact) mass is 209 g/mol. The Kier molecular flexibility index (Phi) is 35.5. The zero-order valence-electron chi connectivity index (χ0n) is 4.29. The SMILES string of the molecule is [B]C.[CH-]1CO1.[V].[Y]. The molecule has 1 heterocycles. The third-order valence-electron chi connectivity index (χ3n) is 0.167. The first-order valence-electron chi connectivity index (χ1n) is 1.51. The second-order valence-corrected chi connectivity index (χ2v) is 0.500. The van der Waals surface area contributed by atoms with E-state index in [1.165, 1.54) is 6.82 Å². The standard InChI is InChI=1S/C2H3O.CH3B.V.Y/c1-2-3-1;1-2;;/h1H,2H2;1H3;;/q-1;;;. The largest absolute Gasteiger partial charge is 0.574 e. The van der Waals surface area contributed by atoms with Gasteiger partial charge in [-0.3, -0.25) is 0 Å². The summed E-state index contributed by atoms with van der Waals surface area (Å²) >= 11 is 0. The van der Waals surface area contributed by atoms with Gasteiger partial charge in [0.05, 0.1) is 7.85 Å². The fourth-order valence-corrected chi connectivity index (χ4v) is 0. The van der Waals surface area contributed by atoms with Crippen LogP contribution in [0.5, 0.6) is 0 Å². The number of hydrogen-bond acceptors (Lipinski definition) is 1. The van der Waals surface area contributed by atoms with Crippen LogP contribution in [0.4, 0.5) is 0 Å². The van der Waals surface area contributed by atoms with Gasteiger partial charge in [-0.2, -0.15) is 6.61 Å². The molecule has 1 nitrogen and oxygen atoms in total. The van der Waals surface area contributed by atoms with Gasteiger partial charge in [0.1, 0.15) is 0 Å². The average molecular weight is 209 g/mol. The molecule has 1 fully saturated rings. The molecule has 1 saturated heterocycles. The molecule has 0 aromatic rings. The number of epoxide rings is 1. The van der Waals surface area contributed by atoms with Crippen LogP contribution in [0, 0.1) is 6.61 Å². The fraction of sp³-hybridized carbons (Fsp3) is 0.667. The van der Waals surface area contributed by atoms with Gasteiger partial charge in [0, 0.05) is 51.3 Å². The minimum atomic E-state index is 0. The molecule has 7 heavy (non-hydrogen) atoms. The average Bonchev–Trinajstić information content (AvgIpc) is 2.19. The molecule has 4 radical (unpaired) electrons. The predicted molar refractivity (Wildman–Crippen MR) is 21.9 cm³/mol. The van der Waals surface area contributed by atoms with Crippen LogP contribution >= 0.6 is 0 Å². The minimum Gasteiger partial charge on any atom is -0.574 e. The molecule has 0 saturated carbocycles. The summed E-state index contributed by atoms with van der Waals surface area (Å²) in [5.74, 6) is 0. The van der Waals surface area contributed by atoms with E-state index in [2.05, 4.69) is 12.6 Å². The zero-order chi connectivity index (χ0) is 4.12. The maximum absolute atomic E-state index is 4.50. The van der Waals surface area contributed by atoms with Crippen LogP contribution in [0.3, 0.4) is 0 Å². The van der Waals surface area contributed by atoms with Crippen molar-refractivity contribution in [2.75, 3.05) is 6.61 Å². The minimum absolute atomic E-state index is 0. The Labute approximate surface area is 83.1 Å². The van der Waals surface area contributed by atoms with E-state index >= 15 is 0 Å². The Morgan fingerprint density at radius 1 is 1.57 bits per heavy atom. The van der Waals surface area contributed by atoms with Crippen LogP contribution in [-0.2, 0) is 56.0 Å². The van der Waals surface area contributed by atoms with E-state index in [0.717, 1.165) is 6.61 Å². The Morgan fingerprint density at radius 2 is 1.71 bits per heavy atom. The topological polar surface area (TPSA) is 12.5 Å². The Balaban J connectivity index is -0.0000000380. The third kappa shape index (κ3) is 34.2. The normalized spacial score (nSPS) is 11.0. The second-order valence-electron chi connectivity index (χ2n) is 0.500. The van der Waals surface area contributed by atoms with Gasteiger partial charge in [0.2, 0.25) is 0 Å². The molecule has 0 spiro atoms. The summed E-state index contributed by atoms with van der Waals surface area (Å²) in [5.41, 5.74) is 0. The zero-order valence-corrected chi connectivity index (χ0v) is 8.53. The maximum Gasteiger partial charge on any atom is 0.0606 e. The molecule has 4 heteroatoms. The Bertz CT molecular complexity index is 19.7. The van der Waals surface area contributed by atoms with Crippen molar-refractivity contribution in [3.63, 3.8) is 0 Å². The first kappa shape index (κ1) is 15.9. The molecule has 0 aromatic heterocycles. The summed E-state index contributed by atoms with van der Waals surface area (Å²) in [6, 6.07) is 0. The second kappa shape index (κ2) is 15.6. The molecule has 1 aliphatic heterocycles. The van der Waals surface area contributed by atoms with E-state index in [0.29, 0.717) is 0 Å². The van der Waals surface area contributed by atoms with Crippen LogP contribution in [0.15, 0.2) is 0 Å². The van der Waals surface area contributed by atoms with Gasteiger partial charge >= 0.3 is 0 Å². The molecule has 0 atom stereocenters. The summed E-state index contributed by atoms with van der Waals surface area (Å²) < 4.78 is 4.38. The maximum atomic E-state index is 4.50. The van der Waals surface area contributed by atoms with Crippen LogP contribution in [0.25, 0.3) is 0 Å². The van der Waals surface area contributed by atoms with E-state index in [4.69, 9.17) is 0 Å². The van der Waals surface area contributed by atoms with Crippen molar-refractivity contribution in [2.24, 2.45) is 0 Å². The molecule has 1 aliphatic rings. The van der Waals surface area contributed by atoms with E-state index in [9.17, 15) is 0 Å². The van der Waals surface area contributed by atoms with Gasteiger partial charge in [-0.1, -0.05) is 13.4 Å². The van der Waals surface area contributed by atoms with Crippen molar-refractivity contribution in [1.29, 1.82) is 0 Å². The van der Waals surface area contributed by atoms with E-state index in [1.54, 1.807) is 6.61 Å². The summed E-state index contributed by atoms with van der Waals surface area (Å²) in [7, 11) is 4.50. The molecule has 0 aromatic carbocycles. The quantitative estimate of drug-likeness (QED) is 0.319. The van der Waals surface area contributed by atoms with Crippen LogP contribution in [0.1, 0.15) is 0 Å². The van der Waals surface area contributed by atoms with E-state index in [1.807, 2.05) is 0 Å². The molecule has 36 valence electrons. The van der Waals surface area contributed by atoms with Gasteiger partial charge in [-0.15, -0.1) is 0 Å². The molecule has 0 unspecified atom stereocenters. The smallest absolute Gasteiger partial charge is 0.0606 e. The van der Waals surface area contributed by atoms with Crippen molar-refractivity contribution < 1.29 is 56.0 Å². The van der Waals surface area contributed by atoms with Crippen molar-refractivity contribution in [3.8, 4) is 0 Å². The molecular formula is C3H6BOVY-. The number of rotatable bonds is 0. The van der Waals surface area contributed by atoms with Gasteiger partial charge in [-0.25, -0.2) is 0 Å². The van der Waals surface area contributed by atoms with Crippen molar-refractivity contribution in [1.82, 2.24) is 0 Å². The van der Waals surface area contributed by atoms with Crippen LogP contribution < -0.4 is 0 Å². The fourth-order valence-electron chi connectivity index (χ4n) is 0. The van der Waals surface area contributed by atoms with Crippen molar-refractivity contribution in [3.05, 3.63) is 6.61 Å². The summed E-state index contributed by atoms with van der Waals surface area (Å²) in [6.07, 6.45) is 0. The number of ether oxygens (including phenoxy) is 1. The van der Waals surface area contributed by atoms with Crippen LogP contribution in [-0.4, -0.2) is 14.5 Å². The van der Waals surface area contributed by atoms with E-state index in [-0.39, 0.29) is 51.3 Å². The molecule has 1 rings (SSSR count). The molecule has 0 bridgehead atoms. The molecule has 0 amide bonds. The third-order valence-corrected chi connectivity index (χ3v) is 0.167. The van der Waals surface area contributed by atoms with Gasteiger partial charge in [-0.05, 0) is 0 Å². The Morgan fingerprint density at radius 3 is 1.71 bits per heavy atom. The molecular weight excluding hydrogens is 203 g/mol. The predicted octanol–water partition coefficient (Wildman–Crippen LogP) is 0.376.